The molecule has 0 radical (unpaired) electrons. The molecule has 15 heavy (non-hydrogen) atoms. The fourth-order valence-electron chi connectivity index (χ4n) is 1.30. The summed E-state index contributed by atoms with van der Waals surface area (Å²) in [6.45, 7) is 1.81. The van der Waals surface area contributed by atoms with Crippen molar-refractivity contribution in [1.29, 1.82) is 0 Å². The van der Waals surface area contributed by atoms with Gasteiger partial charge in [-0.2, -0.15) is 0 Å². The number of sulfonamides is 1. The van der Waals surface area contributed by atoms with Crippen molar-refractivity contribution in [1.82, 2.24) is 0 Å². The zero-order chi connectivity index (χ0) is 11.1. The van der Waals surface area contributed by atoms with Crippen LogP contribution >= 0.6 is 0 Å². The lowest BCUT2D eigenvalue weighted by atomic mass is 10.2. The van der Waals surface area contributed by atoms with E-state index in [1.165, 1.54) is 12.1 Å². The molecule has 0 atom stereocenters. The van der Waals surface area contributed by atoms with Crippen LogP contribution in [0.2, 0.25) is 0 Å². The van der Waals surface area contributed by atoms with E-state index in [9.17, 15) is 8.42 Å². The van der Waals surface area contributed by atoms with Gasteiger partial charge in [0.05, 0.1) is 11.0 Å². The molecule has 0 spiro atoms. The fraction of sp³-hybridized carbons (Fsp3) is 0.400. The molecule has 1 aromatic carbocycles. The van der Waals surface area contributed by atoms with Crippen LogP contribution in [0.4, 0.5) is 0 Å². The van der Waals surface area contributed by atoms with E-state index in [4.69, 9.17) is 9.88 Å². The molecule has 1 aliphatic rings. The van der Waals surface area contributed by atoms with Crippen LogP contribution in [0.15, 0.2) is 23.1 Å². The number of primary sulfonamides is 1. The Bertz CT molecular complexity index is 477. The molecule has 0 heterocycles. The minimum absolute atomic E-state index is 0.128. The van der Waals surface area contributed by atoms with Crippen molar-refractivity contribution in [2.45, 2.75) is 30.8 Å². The van der Waals surface area contributed by atoms with E-state index in [0.717, 1.165) is 24.2 Å². The number of hydrogen-bond acceptors (Lipinski definition) is 3. The van der Waals surface area contributed by atoms with Gasteiger partial charge in [0.1, 0.15) is 5.75 Å². The molecule has 1 aromatic rings. The van der Waals surface area contributed by atoms with Crippen LogP contribution in [0, 0.1) is 6.92 Å². The predicted molar refractivity (Wildman–Crippen MR) is 56.2 cm³/mol. The Kier molecular flexibility index (Phi) is 2.44. The highest BCUT2D eigenvalue weighted by Gasteiger charge is 2.24. The molecule has 0 aliphatic heterocycles. The summed E-state index contributed by atoms with van der Waals surface area (Å²) in [6.07, 6.45) is 2.47. The first-order valence-corrected chi connectivity index (χ1v) is 6.31. The number of rotatable bonds is 3. The van der Waals surface area contributed by atoms with E-state index in [-0.39, 0.29) is 4.90 Å². The van der Waals surface area contributed by atoms with Crippen molar-refractivity contribution in [3.05, 3.63) is 23.8 Å². The van der Waals surface area contributed by atoms with Gasteiger partial charge in [0.2, 0.25) is 10.0 Å². The number of ether oxygens (including phenoxy) is 1. The lowest BCUT2D eigenvalue weighted by Gasteiger charge is -2.08. The second-order valence-corrected chi connectivity index (χ2v) is 5.35. The third-order valence-electron chi connectivity index (χ3n) is 2.29. The van der Waals surface area contributed by atoms with E-state index in [1.54, 1.807) is 6.07 Å². The number of benzene rings is 1. The first kappa shape index (κ1) is 10.4. The SMILES string of the molecule is Cc1cc(S(N)(=O)=O)ccc1OC1CC1. The van der Waals surface area contributed by atoms with Crippen LogP contribution in [0.3, 0.4) is 0 Å². The average molecular weight is 227 g/mol. The molecule has 0 unspecified atom stereocenters. The van der Waals surface area contributed by atoms with Gasteiger partial charge in [-0.05, 0) is 43.5 Å². The standard InChI is InChI=1S/C10H13NO3S/c1-7-6-9(15(11,12)13)4-5-10(7)14-8-2-3-8/h4-6,8H,2-3H2,1H3,(H2,11,12,13). The molecule has 0 amide bonds. The van der Waals surface area contributed by atoms with Gasteiger partial charge in [-0.15, -0.1) is 0 Å². The summed E-state index contributed by atoms with van der Waals surface area (Å²) in [5.41, 5.74) is 0.799. The van der Waals surface area contributed by atoms with Crippen LogP contribution in [0.1, 0.15) is 18.4 Å². The normalized spacial score (nSPS) is 16.4. The maximum absolute atomic E-state index is 11.1. The minimum Gasteiger partial charge on any atom is -0.490 e. The quantitative estimate of drug-likeness (QED) is 0.843. The Morgan fingerprint density at radius 2 is 2.07 bits per heavy atom. The Hall–Kier alpha value is -1.07. The zero-order valence-electron chi connectivity index (χ0n) is 8.43. The average Bonchev–Trinajstić information content (AvgIpc) is 2.90. The van der Waals surface area contributed by atoms with E-state index >= 15 is 0 Å². The molecule has 2 rings (SSSR count). The summed E-state index contributed by atoms with van der Waals surface area (Å²) in [4.78, 5) is 0.128. The zero-order valence-corrected chi connectivity index (χ0v) is 9.25. The number of nitrogens with two attached hydrogens (primary N) is 1. The second kappa shape index (κ2) is 3.50. The number of hydrogen-bond donors (Lipinski definition) is 1. The Morgan fingerprint density at radius 1 is 1.40 bits per heavy atom. The first-order valence-electron chi connectivity index (χ1n) is 4.77. The molecule has 0 aromatic heterocycles. The third-order valence-corrected chi connectivity index (χ3v) is 3.20. The van der Waals surface area contributed by atoms with Crippen molar-refractivity contribution in [2.75, 3.05) is 0 Å². The van der Waals surface area contributed by atoms with E-state index < -0.39 is 10.0 Å². The van der Waals surface area contributed by atoms with Gasteiger partial charge in [-0.3, -0.25) is 0 Å². The largest absolute Gasteiger partial charge is 0.490 e. The molecule has 1 saturated carbocycles. The highest BCUT2D eigenvalue weighted by Crippen LogP contribution is 2.29. The van der Waals surface area contributed by atoms with Gasteiger partial charge in [0, 0.05) is 0 Å². The maximum atomic E-state index is 11.1. The van der Waals surface area contributed by atoms with Crippen LogP contribution < -0.4 is 9.88 Å². The van der Waals surface area contributed by atoms with Gasteiger partial charge in [0.25, 0.3) is 0 Å². The highest BCUT2D eigenvalue weighted by atomic mass is 32.2. The lowest BCUT2D eigenvalue weighted by Crippen LogP contribution is -2.12. The lowest BCUT2D eigenvalue weighted by molar-refractivity contribution is 0.301. The maximum Gasteiger partial charge on any atom is 0.238 e. The molecule has 0 saturated heterocycles. The molecule has 82 valence electrons. The van der Waals surface area contributed by atoms with Crippen LogP contribution in [-0.4, -0.2) is 14.5 Å². The summed E-state index contributed by atoms with van der Waals surface area (Å²) in [7, 11) is -3.61. The van der Waals surface area contributed by atoms with E-state index in [2.05, 4.69) is 0 Å². The summed E-state index contributed by atoms with van der Waals surface area (Å²) < 4.78 is 27.7. The summed E-state index contributed by atoms with van der Waals surface area (Å²) >= 11 is 0. The monoisotopic (exact) mass is 227 g/mol. The van der Waals surface area contributed by atoms with Gasteiger partial charge in [-0.1, -0.05) is 0 Å². The minimum atomic E-state index is -3.61. The Morgan fingerprint density at radius 3 is 2.53 bits per heavy atom. The highest BCUT2D eigenvalue weighted by molar-refractivity contribution is 7.89. The van der Waals surface area contributed by atoms with Crippen molar-refractivity contribution >= 4 is 10.0 Å². The smallest absolute Gasteiger partial charge is 0.238 e. The van der Waals surface area contributed by atoms with Gasteiger partial charge >= 0.3 is 0 Å². The molecule has 1 fully saturated rings. The first-order chi connectivity index (χ1) is 6.97. The van der Waals surface area contributed by atoms with Crippen LogP contribution in [0.5, 0.6) is 5.75 Å². The Labute approximate surface area is 89.1 Å². The van der Waals surface area contributed by atoms with E-state index in [0.29, 0.717) is 6.10 Å². The molecule has 4 nitrogen and oxygen atoms in total. The van der Waals surface area contributed by atoms with Crippen molar-refractivity contribution < 1.29 is 13.2 Å². The fourth-order valence-corrected chi connectivity index (χ4v) is 1.90. The van der Waals surface area contributed by atoms with E-state index in [1.807, 2.05) is 6.92 Å². The molecular weight excluding hydrogens is 214 g/mol. The van der Waals surface area contributed by atoms with Crippen molar-refractivity contribution in [3.63, 3.8) is 0 Å². The predicted octanol–water partition coefficient (Wildman–Crippen LogP) is 1.18. The van der Waals surface area contributed by atoms with Gasteiger partial charge in [0.15, 0.2) is 0 Å². The molecule has 1 aliphatic carbocycles. The van der Waals surface area contributed by atoms with Crippen LogP contribution in [0.25, 0.3) is 0 Å². The molecule has 0 bridgehead atoms. The third kappa shape index (κ3) is 2.49. The number of aryl methyl sites for hydroxylation is 1. The topological polar surface area (TPSA) is 69.4 Å². The van der Waals surface area contributed by atoms with Crippen LogP contribution in [-0.2, 0) is 10.0 Å². The summed E-state index contributed by atoms with van der Waals surface area (Å²) in [6, 6.07) is 4.67. The summed E-state index contributed by atoms with van der Waals surface area (Å²) in [5.74, 6) is 0.741. The summed E-state index contributed by atoms with van der Waals surface area (Å²) in [5, 5.41) is 5.02. The molecular formula is C10H13NO3S. The van der Waals surface area contributed by atoms with Gasteiger partial charge in [-0.25, -0.2) is 13.6 Å². The van der Waals surface area contributed by atoms with Gasteiger partial charge < -0.3 is 4.74 Å². The van der Waals surface area contributed by atoms with Crippen molar-refractivity contribution in [2.24, 2.45) is 5.14 Å². The molecule has 2 N–H and O–H groups in total. The second-order valence-electron chi connectivity index (χ2n) is 3.79. The molecule has 5 heteroatoms. The van der Waals surface area contributed by atoms with Crippen molar-refractivity contribution in [3.8, 4) is 5.75 Å². The Balaban J connectivity index is 2.29.